The van der Waals surface area contributed by atoms with Crippen LogP contribution in [0.2, 0.25) is 0 Å². The molecule has 1 aromatic rings. The molecule has 1 aromatic carbocycles. The molecule has 0 bridgehead atoms. The zero-order chi connectivity index (χ0) is 12.3. The van der Waals surface area contributed by atoms with E-state index < -0.39 is 0 Å². The summed E-state index contributed by atoms with van der Waals surface area (Å²) in [5, 5.41) is 6.14. The van der Waals surface area contributed by atoms with Gasteiger partial charge in [-0.05, 0) is 37.2 Å². The molecule has 4 heteroatoms. The fourth-order valence-electron chi connectivity index (χ4n) is 2.20. The monoisotopic (exact) mass is 249 g/mol. The van der Waals surface area contributed by atoms with Crippen molar-refractivity contribution in [3.05, 3.63) is 30.3 Å². The highest BCUT2D eigenvalue weighted by Crippen LogP contribution is 2.24. The number of benzene rings is 1. The van der Waals surface area contributed by atoms with Gasteiger partial charge in [0.2, 0.25) is 0 Å². The van der Waals surface area contributed by atoms with Crippen LogP contribution in [0, 0.1) is 0 Å². The quantitative estimate of drug-likeness (QED) is 0.802. The summed E-state index contributed by atoms with van der Waals surface area (Å²) in [6.45, 7) is 4.36. The van der Waals surface area contributed by atoms with E-state index in [0.717, 1.165) is 30.1 Å². The Morgan fingerprint density at radius 3 is 2.53 bits per heavy atom. The molecule has 1 unspecified atom stereocenters. The van der Waals surface area contributed by atoms with Crippen LogP contribution in [0.4, 0.5) is 5.69 Å². The zero-order valence-corrected chi connectivity index (χ0v) is 11.2. The number of anilines is 1. The molecule has 92 valence electrons. The van der Waals surface area contributed by atoms with Crippen molar-refractivity contribution < 1.29 is 0 Å². The highest BCUT2D eigenvalue weighted by molar-refractivity contribution is 7.80. The Morgan fingerprint density at radius 1 is 1.24 bits per heavy atom. The Kier molecular flexibility index (Phi) is 3.64. The lowest BCUT2D eigenvalue weighted by atomic mass is 10.0. The number of hydrogen-bond acceptors (Lipinski definition) is 2. The van der Waals surface area contributed by atoms with Crippen molar-refractivity contribution in [1.82, 2.24) is 10.7 Å². The first kappa shape index (κ1) is 12.3. The van der Waals surface area contributed by atoms with Crippen molar-refractivity contribution in [2.75, 3.05) is 5.01 Å². The molecular formula is C13H19N3S. The molecule has 0 saturated carbocycles. The van der Waals surface area contributed by atoms with Crippen LogP contribution < -0.4 is 15.8 Å². The molecule has 0 aliphatic carbocycles. The Hall–Kier alpha value is -1.13. The summed E-state index contributed by atoms with van der Waals surface area (Å²) in [6, 6.07) is 10.2. The van der Waals surface area contributed by atoms with Crippen LogP contribution in [-0.2, 0) is 0 Å². The molecule has 1 heterocycles. The Bertz CT molecular complexity index is 393. The summed E-state index contributed by atoms with van der Waals surface area (Å²) in [6.07, 6.45) is 3.19. The normalized spacial score (nSPS) is 23.9. The van der Waals surface area contributed by atoms with Gasteiger partial charge in [-0.15, -0.1) is 0 Å². The van der Waals surface area contributed by atoms with Gasteiger partial charge in [0.1, 0.15) is 5.66 Å². The van der Waals surface area contributed by atoms with Crippen LogP contribution >= 0.6 is 12.2 Å². The van der Waals surface area contributed by atoms with Crippen LogP contribution in [-0.4, -0.2) is 10.8 Å². The van der Waals surface area contributed by atoms with Crippen molar-refractivity contribution in [2.45, 2.75) is 38.8 Å². The lowest BCUT2D eigenvalue weighted by molar-refractivity contribution is 0.300. The minimum Gasteiger partial charge on any atom is -0.342 e. The molecular weight excluding hydrogens is 230 g/mol. The SMILES string of the molecule is CCCC1(CC)NC(=S)N(c2ccccc2)N1. The van der Waals surface area contributed by atoms with Gasteiger partial charge in [0.05, 0.1) is 5.69 Å². The van der Waals surface area contributed by atoms with E-state index in [0.29, 0.717) is 0 Å². The fraction of sp³-hybridized carbons (Fsp3) is 0.462. The Morgan fingerprint density at radius 2 is 1.94 bits per heavy atom. The maximum atomic E-state index is 5.40. The molecule has 17 heavy (non-hydrogen) atoms. The molecule has 0 radical (unpaired) electrons. The van der Waals surface area contributed by atoms with Crippen LogP contribution in [0.5, 0.6) is 0 Å². The van der Waals surface area contributed by atoms with E-state index in [-0.39, 0.29) is 5.66 Å². The van der Waals surface area contributed by atoms with Crippen LogP contribution in [0.1, 0.15) is 33.1 Å². The highest BCUT2D eigenvalue weighted by atomic mass is 32.1. The topological polar surface area (TPSA) is 27.3 Å². The van der Waals surface area contributed by atoms with Crippen molar-refractivity contribution in [3.63, 3.8) is 0 Å². The van der Waals surface area contributed by atoms with Gasteiger partial charge in [0, 0.05) is 0 Å². The van der Waals surface area contributed by atoms with Crippen molar-refractivity contribution in [3.8, 4) is 0 Å². The van der Waals surface area contributed by atoms with E-state index >= 15 is 0 Å². The summed E-state index contributed by atoms with van der Waals surface area (Å²) in [7, 11) is 0. The van der Waals surface area contributed by atoms with Crippen molar-refractivity contribution >= 4 is 23.0 Å². The minimum absolute atomic E-state index is 0.0817. The lowest BCUT2D eigenvalue weighted by Gasteiger charge is -2.28. The number of thiocarbonyl (C=S) groups is 1. The predicted molar refractivity (Wildman–Crippen MR) is 75.7 cm³/mol. The number of nitrogens with one attached hydrogen (secondary N) is 2. The molecule has 1 aliphatic heterocycles. The molecule has 1 fully saturated rings. The Labute approximate surface area is 108 Å². The Balaban J connectivity index is 2.20. The largest absolute Gasteiger partial charge is 0.342 e. The third-order valence-corrected chi connectivity index (χ3v) is 3.45. The van der Waals surface area contributed by atoms with E-state index in [9.17, 15) is 0 Å². The summed E-state index contributed by atoms with van der Waals surface area (Å²) in [4.78, 5) is 0. The van der Waals surface area contributed by atoms with Crippen molar-refractivity contribution in [1.29, 1.82) is 0 Å². The van der Waals surface area contributed by atoms with Gasteiger partial charge in [-0.25, -0.2) is 5.43 Å². The van der Waals surface area contributed by atoms with Gasteiger partial charge >= 0.3 is 0 Å². The average molecular weight is 249 g/mol. The summed E-state index contributed by atoms with van der Waals surface area (Å²) in [5.74, 6) is 0. The first-order chi connectivity index (χ1) is 8.21. The molecule has 1 aliphatic rings. The van der Waals surface area contributed by atoms with Gasteiger partial charge in [-0.2, -0.15) is 0 Å². The first-order valence-electron chi connectivity index (χ1n) is 6.16. The van der Waals surface area contributed by atoms with Gasteiger partial charge in [-0.1, -0.05) is 38.5 Å². The third-order valence-electron chi connectivity index (χ3n) is 3.17. The second-order valence-corrected chi connectivity index (χ2v) is 4.79. The number of para-hydroxylation sites is 1. The van der Waals surface area contributed by atoms with Gasteiger partial charge in [0.25, 0.3) is 0 Å². The lowest BCUT2D eigenvalue weighted by Crippen LogP contribution is -2.50. The maximum absolute atomic E-state index is 5.40. The van der Waals surface area contributed by atoms with E-state index in [1.54, 1.807) is 0 Å². The molecule has 0 aromatic heterocycles. The fourth-order valence-corrected chi connectivity index (χ4v) is 2.55. The highest BCUT2D eigenvalue weighted by Gasteiger charge is 2.38. The van der Waals surface area contributed by atoms with Gasteiger partial charge in [-0.3, -0.25) is 5.01 Å². The van der Waals surface area contributed by atoms with Crippen molar-refractivity contribution in [2.24, 2.45) is 0 Å². The molecule has 0 amide bonds. The van der Waals surface area contributed by atoms with E-state index in [1.807, 2.05) is 23.2 Å². The van der Waals surface area contributed by atoms with Crippen LogP contribution in [0.25, 0.3) is 0 Å². The first-order valence-corrected chi connectivity index (χ1v) is 6.57. The zero-order valence-electron chi connectivity index (χ0n) is 10.4. The van der Waals surface area contributed by atoms with Gasteiger partial charge in [0.15, 0.2) is 5.11 Å². The average Bonchev–Trinajstić information content (AvgIpc) is 2.69. The van der Waals surface area contributed by atoms with E-state index in [2.05, 4.69) is 36.7 Å². The smallest absolute Gasteiger partial charge is 0.189 e. The summed E-state index contributed by atoms with van der Waals surface area (Å²) in [5.41, 5.74) is 4.50. The molecule has 1 saturated heterocycles. The van der Waals surface area contributed by atoms with Crippen LogP contribution in [0.15, 0.2) is 30.3 Å². The van der Waals surface area contributed by atoms with E-state index in [1.165, 1.54) is 0 Å². The molecule has 2 rings (SSSR count). The predicted octanol–water partition coefficient (Wildman–Crippen LogP) is 2.79. The second-order valence-electron chi connectivity index (χ2n) is 4.40. The maximum Gasteiger partial charge on any atom is 0.189 e. The standard InChI is InChI=1S/C13H19N3S/c1-3-10-13(4-2)14-12(17)16(15-13)11-8-6-5-7-9-11/h5-9,15H,3-4,10H2,1-2H3,(H,14,17). The number of rotatable bonds is 4. The summed E-state index contributed by atoms with van der Waals surface area (Å²) >= 11 is 5.40. The molecule has 3 nitrogen and oxygen atoms in total. The second kappa shape index (κ2) is 5.02. The number of nitrogens with zero attached hydrogens (tertiary/aromatic N) is 1. The molecule has 0 spiro atoms. The summed E-state index contributed by atoms with van der Waals surface area (Å²) < 4.78 is 0. The molecule has 1 atom stereocenters. The van der Waals surface area contributed by atoms with Gasteiger partial charge < -0.3 is 5.32 Å². The third kappa shape index (κ3) is 2.42. The molecule has 2 N–H and O–H groups in total. The van der Waals surface area contributed by atoms with Crippen LogP contribution in [0.3, 0.4) is 0 Å². The number of hydrogen-bond donors (Lipinski definition) is 2. The minimum atomic E-state index is -0.0817. The number of hydrazine groups is 1. The van der Waals surface area contributed by atoms with E-state index in [4.69, 9.17) is 12.2 Å².